The molecule has 0 radical (unpaired) electrons. The summed E-state index contributed by atoms with van der Waals surface area (Å²) in [7, 11) is 0. The van der Waals surface area contributed by atoms with E-state index in [1.165, 1.54) is 77.0 Å². The van der Waals surface area contributed by atoms with Gasteiger partial charge in [-0.1, -0.05) is 71.1 Å². The van der Waals surface area contributed by atoms with E-state index in [4.69, 9.17) is 0 Å². The number of Topliss-reactive ketones (excluding diaryl/α,β-unsaturated/α-hetero) is 1. The minimum absolute atomic E-state index is 0.508. The number of hydrogen-bond donors (Lipinski definition) is 0. The fourth-order valence-electron chi connectivity index (χ4n) is 4.25. The van der Waals surface area contributed by atoms with Crippen LogP contribution in [-0.4, -0.2) is 5.78 Å². The van der Waals surface area contributed by atoms with Crippen LogP contribution >= 0.6 is 0 Å². The van der Waals surface area contributed by atoms with Gasteiger partial charge in [0, 0.05) is 12.8 Å². The Bertz CT molecular complexity index is 265. The lowest BCUT2D eigenvalue weighted by Crippen LogP contribution is -2.18. The van der Waals surface area contributed by atoms with Crippen LogP contribution < -0.4 is 0 Å². The van der Waals surface area contributed by atoms with Crippen molar-refractivity contribution < 1.29 is 4.79 Å². The highest BCUT2D eigenvalue weighted by molar-refractivity contribution is 5.78. The molecular formula is C19H34O. The Hall–Kier alpha value is -0.330. The molecule has 2 aliphatic carbocycles. The first-order valence-corrected chi connectivity index (χ1v) is 9.29. The van der Waals surface area contributed by atoms with Gasteiger partial charge in [-0.2, -0.15) is 0 Å². The Morgan fingerprint density at radius 3 is 1.80 bits per heavy atom. The summed E-state index contributed by atoms with van der Waals surface area (Å²) in [6, 6.07) is 0. The standard InChI is InChI=1S/C19H34O/c1-2-3-4-5-16-6-8-17(9-7-16)10-11-18-12-14-19(20)15-13-18/h16-18H,2-15H2,1H3. The van der Waals surface area contributed by atoms with E-state index in [1.54, 1.807) is 0 Å². The summed E-state index contributed by atoms with van der Waals surface area (Å²) in [4.78, 5) is 11.3. The molecule has 116 valence electrons. The highest BCUT2D eigenvalue weighted by Gasteiger charge is 2.23. The summed E-state index contributed by atoms with van der Waals surface area (Å²) in [5.41, 5.74) is 0. The molecule has 2 fully saturated rings. The predicted molar refractivity (Wildman–Crippen MR) is 85.8 cm³/mol. The van der Waals surface area contributed by atoms with E-state index in [1.807, 2.05) is 0 Å². The third kappa shape index (κ3) is 5.58. The average Bonchev–Trinajstić information content (AvgIpc) is 2.48. The van der Waals surface area contributed by atoms with Gasteiger partial charge in [0.2, 0.25) is 0 Å². The van der Waals surface area contributed by atoms with Gasteiger partial charge in [0.25, 0.3) is 0 Å². The molecule has 0 atom stereocenters. The van der Waals surface area contributed by atoms with Gasteiger partial charge >= 0.3 is 0 Å². The van der Waals surface area contributed by atoms with Gasteiger partial charge in [0.15, 0.2) is 0 Å². The minimum Gasteiger partial charge on any atom is -0.300 e. The fraction of sp³-hybridized carbons (Fsp3) is 0.947. The van der Waals surface area contributed by atoms with Crippen molar-refractivity contribution in [3.63, 3.8) is 0 Å². The third-order valence-electron chi connectivity index (χ3n) is 5.83. The molecule has 0 N–H and O–H groups in total. The summed E-state index contributed by atoms with van der Waals surface area (Å²) >= 11 is 0. The molecule has 2 rings (SSSR count). The maximum Gasteiger partial charge on any atom is 0.132 e. The van der Waals surface area contributed by atoms with E-state index in [0.717, 1.165) is 30.6 Å². The van der Waals surface area contributed by atoms with E-state index < -0.39 is 0 Å². The maximum absolute atomic E-state index is 11.3. The van der Waals surface area contributed by atoms with Crippen molar-refractivity contribution in [1.82, 2.24) is 0 Å². The number of carbonyl (C=O) groups is 1. The lowest BCUT2D eigenvalue weighted by Gasteiger charge is -2.30. The summed E-state index contributed by atoms with van der Waals surface area (Å²) in [6.45, 7) is 2.30. The van der Waals surface area contributed by atoms with Crippen LogP contribution in [0.5, 0.6) is 0 Å². The lowest BCUT2D eigenvalue weighted by atomic mass is 9.76. The zero-order valence-electron chi connectivity index (χ0n) is 13.5. The molecule has 0 heterocycles. The molecule has 0 bridgehead atoms. The predicted octanol–water partition coefficient (Wildman–Crippen LogP) is 5.91. The Labute approximate surface area is 125 Å². The monoisotopic (exact) mass is 278 g/mol. The van der Waals surface area contributed by atoms with Gasteiger partial charge in [0.1, 0.15) is 5.78 Å². The quantitative estimate of drug-likeness (QED) is 0.529. The van der Waals surface area contributed by atoms with Gasteiger partial charge < -0.3 is 0 Å². The molecule has 20 heavy (non-hydrogen) atoms. The van der Waals surface area contributed by atoms with Gasteiger partial charge in [0.05, 0.1) is 0 Å². The molecule has 0 saturated heterocycles. The van der Waals surface area contributed by atoms with Crippen LogP contribution in [0.25, 0.3) is 0 Å². The van der Waals surface area contributed by atoms with Crippen LogP contribution in [0.2, 0.25) is 0 Å². The second-order valence-corrected chi connectivity index (χ2v) is 7.44. The van der Waals surface area contributed by atoms with Crippen molar-refractivity contribution in [3.05, 3.63) is 0 Å². The van der Waals surface area contributed by atoms with E-state index in [0.29, 0.717) is 5.78 Å². The van der Waals surface area contributed by atoms with Crippen LogP contribution in [0, 0.1) is 17.8 Å². The molecule has 0 aromatic carbocycles. The van der Waals surface area contributed by atoms with Crippen LogP contribution in [-0.2, 0) is 4.79 Å². The van der Waals surface area contributed by atoms with Gasteiger partial charge in [-0.15, -0.1) is 0 Å². The van der Waals surface area contributed by atoms with Gasteiger partial charge in [-0.25, -0.2) is 0 Å². The Morgan fingerprint density at radius 2 is 1.25 bits per heavy atom. The van der Waals surface area contributed by atoms with Gasteiger partial charge in [-0.3, -0.25) is 4.79 Å². The molecule has 0 aromatic heterocycles. The molecule has 1 heteroatoms. The second kappa shape index (κ2) is 8.85. The summed E-state index contributed by atoms with van der Waals surface area (Å²) in [5.74, 6) is 3.43. The average molecular weight is 278 g/mol. The first kappa shape index (κ1) is 16.0. The molecule has 0 aromatic rings. The van der Waals surface area contributed by atoms with Crippen molar-refractivity contribution in [1.29, 1.82) is 0 Å². The Kier molecular flexibility index (Phi) is 7.10. The smallest absolute Gasteiger partial charge is 0.132 e. The fourth-order valence-corrected chi connectivity index (χ4v) is 4.25. The molecule has 0 amide bonds. The Balaban J connectivity index is 1.54. The molecular weight excluding hydrogens is 244 g/mol. The maximum atomic E-state index is 11.3. The highest BCUT2D eigenvalue weighted by atomic mass is 16.1. The third-order valence-corrected chi connectivity index (χ3v) is 5.83. The van der Waals surface area contributed by atoms with E-state index in [-0.39, 0.29) is 0 Å². The van der Waals surface area contributed by atoms with E-state index in [2.05, 4.69) is 6.92 Å². The first-order chi connectivity index (χ1) is 9.78. The number of unbranched alkanes of at least 4 members (excludes halogenated alkanes) is 2. The number of rotatable bonds is 7. The van der Waals surface area contributed by atoms with Crippen molar-refractivity contribution in [3.8, 4) is 0 Å². The van der Waals surface area contributed by atoms with E-state index >= 15 is 0 Å². The summed E-state index contributed by atoms with van der Waals surface area (Å²) in [6.07, 6.45) is 18.7. The Morgan fingerprint density at radius 1 is 0.750 bits per heavy atom. The van der Waals surface area contributed by atoms with Crippen molar-refractivity contribution >= 4 is 5.78 Å². The molecule has 2 aliphatic rings. The van der Waals surface area contributed by atoms with Crippen LogP contribution in [0.1, 0.15) is 96.8 Å². The zero-order chi connectivity index (χ0) is 14.2. The first-order valence-electron chi connectivity index (χ1n) is 9.29. The zero-order valence-corrected chi connectivity index (χ0v) is 13.5. The van der Waals surface area contributed by atoms with Crippen molar-refractivity contribution in [2.24, 2.45) is 17.8 Å². The lowest BCUT2D eigenvalue weighted by molar-refractivity contribution is -0.121. The molecule has 1 nitrogen and oxygen atoms in total. The topological polar surface area (TPSA) is 17.1 Å². The minimum atomic E-state index is 0.508. The molecule has 0 spiro atoms. The summed E-state index contributed by atoms with van der Waals surface area (Å²) < 4.78 is 0. The van der Waals surface area contributed by atoms with Crippen LogP contribution in [0.15, 0.2) is 0 Å². The van der Waals surface area contributed by atoms with Gasteiger partial charge in [-0.05, 0) is 30.6 Å². The SMILES string of the molecule is CCCCCC1CCC(CCC2CCC(=O)CC2)CC1. The molecule has 0 aliphatic heterocycles. The largest absolute Gasteiger partial charge is 0.300 e. The van der Waals surface area contributed by atoms with Crippen molar-refractivity contribution in [2.75, 3.05) is 0 Å². The highest BCUT2D eigenvalue weighted by Crippen LogP contribution is 2.36. The van der Waals surface area contributed by atoms with Crippen LogP contribution in [0.4, 0.5) is 0 Å². The van der Waals surface area contributed by atoms with Crippen molar-refractivity contribution in [2.45, 2.75) is 96.8 Å². The normalized spacial score (nSPS) is 28.8. The molecule has 0 unspecified atom stereocenters. The number of carbonyl (C=O) groups excluding carboxylic acids is 1. The molecule has 2 saturated carbocycles. The summed E-state index contributed by atoms with van der Waals surface area (Å²) in [5, 5.41) is 0. The second-order valence-electron chi connectivity index (χ2n) is 7.44. The number of ketones is 1. The van der Waals surface area contributed by atoms with E-state index in [9.17, 15) is 4.79 Å². The van der Waals surface area contributed by atoms with Crippen LogP contribution in [0.3, 0.4) is 0 Å². The number of hydrogen-bond acceptors (Lipinski definition) is 1.